The Balaban J connectivity index is 1.12. The highest BCUT2D eigenvalue weighted by Crippen LogP contribution is 2.47. The molecular formula is C48H31NOS. The van der Waals surface area contributed by atoms with E-state index in [1.165, 1.54) is 58.8 Å². The lowest BCUT2D eigenvalue weighted by molar-refractivity contribution is 0.669. The molecule has 0 saturated carbocycles. The van der Waals surface area contributed by atoms with Gasteiger partial charge >= 0.3 is 0 Å². The Bertz CT molecular complexity index is 2970. The number of fused-ring (bicyclic) bond motifs is 10. The van der Waals surface area contributed by atoms with E-state index in [2.05, 4.69) is 169 Å². The summed E-state index contributed by atoms with van der Waals surface area (Å²) in [6.45, 7) is 0. The van der Waals surface area contributed by atoms with Crippen LogP contribution in [0.5, 0.6) is 0 Å². The molecule has 51 heavy (non-hydrogen) atoms. The summed E-state index contributed by atoms with van der Waals surface area (Å²) in [7, 11) is 0. The summed E-state index contributed by atoms with van der Waals surface area (Å²) in [5, 5.41) is 7.39. The molecule has 1 atom stereocenters. The molecule has 0 saturated heterocycles. The number of nitrogens with zero attached hydrogens (tertiary/aromatic N) is 1. The summed E-state index contributed by atoms with van der Waals surface area (Å²) in [5.41, 5.74) is 12.0. The summed E-state index contributed by atoms with van der Waals surface area (Å²) in [6, 6.07) is 62.3. The largest absolute Gasteiger partial charge is 0.456 e. The van der Waals surface area contributed by atoms with E-state index < -0.39 is 0 Å². The number of benzene rings is 8. The lowest BCUT2D eigenvalue weighted by atomic mass is 9.75. The SMILES string of the molecule is c1ccc(C2Cc3ccc(N(c4ccc5oc6ccccc6c5c4)c4ccc5sc6cc7ccccc7cc6c5c4)cc3-c3ccccc32)cc1. The van der Waals surface area contributed by atoms with Crippen molar-refractivity contribution in [3.63, 3.8) is 0 Å². The fourth-order valence-corrected chi connectivity index (χ4v) is 9.50. The van der Waals surface area contributed by atoms with E-state index >= 15 is 0 Å². The zero-order valence-electron chi connectivity index (χ0n) is 27.7. The van der Waals surface area contributed by atoms with Crippen molar-refractivity contribution in [2.24, 2.45) is 0 Å². The molecular weight excluding hydrogens is 639 g/mol. The van der Waals surface area contributed by atoms with E-state index in [9.17, 15) is 0 Å². The van der Waals surface area contributed by atoms with Gasteiger partial charge in [-0.15, -0.1) is 11.3 Å². The fourth-order valence-electron chi connectivity index (χ4n) is 8.38. The molecule has 0 fully saturated rings. The average Bonchev–Trinajstić information content (AvgIpc) is 3.74. The second-order valence-corrected chi connectivity index (χ2v) is 14.8. The Morgan fingerprint density at radius 3 is 2.04 bits per heavy atom. The molecule has 3 heteroatoms. The van der Waals surface area contributed by atoms with Crippen LogP contribution in [0.1, 0.15) is 22.6 Å². The molecule has 8 aromatic carbocycles. The van der Waals surface area contributed by atoms with Gasteiger partial charge in [0.15, 0.2) is 0 Å². The average molecular weight is 670 g/mol. The van der Waals surface area contributed by atoms with Gasteiger partial charge in [-0.25, -0.2) is 0 Å². The third kappa shape index (κ3) is 4.55. The van der Waals surface area contributed by atoms with Crippen LogP contribution >= 0.6 is 11.3 Å². The van der Waals surface area contributed by atoms with Gasteiger partial charge in [0.1, 0.15) is 11.2 Å². The molecule has 0 radical (unpaired) electrons. The number of anilines is 3. The van der Waals surface area contributed by atoms with Crippen LogP contribution in [0.15, 0.2) is 174 Å². The van der Waals surface area contributed by atoms with Crippen molar-refractivity contribution in [3.8, 4) is 11.1 Å². The van der Waals surface area contributed by atoms with Crippen molar-refractivity contribution in [1.29, 1.82) is 0 Å². The number of hydrogen-bond donors (Lipinski definition) is 0. The molecule has 1 unspecified atom stereocenters. The van der Waals surface area contributed by atoms with Crippen LogP contribution in [0.2, 0.25) is 0 Å². The van der Waals surface area contributed by atoms with Crippen LogP contribution < -0.4 is 4.90 Å². The summed E-state index contributed by atoms with van der Waals surface area (Å²) in [5.74, 6) is 0.332. The zero-order chi connectivity index (χ0) is 33.5. The molecule has 0 N–H and O–H groups in total. The Morgan fingerprint density at radius 1 is 0.471 bits per heavy atom. The minimum atomic E-state index is 0.332. The molecule has 1 aliphatic rings. The van der Waals surface area contributed by atoms with Gasteiger partial charge in [-0.05, 0) is 112 Å². The Labute approximate surface area is 299 Å². The lowest BCUT2D eigenvalue weighted by Crippen LogP contribution is -2.14. The van der Waals surface area contributed by atoms with Crippen molar-refractivity contribution in [2.45, 2.75) is 12.3 Å². The Morgan fingerprint density at radius 2 is 1.14 bits per heavy atom. The number of rotatable bonds is 4. The predicted octanol–water partition coefficient (Wildman–Crippen LogP) is 13.9. The summed E-state index contributed by atoms with van der Waals surface area (Å²) >= 11 is 1.87. The molecule has 0 spiro atoms. The molecule has 0 aliphatic heterocycles. The second kappa shape index (κ2) is 11.2. The van der Waals surface area contributed by atoms with Crippen LogP contribution in [-0.4, -0.2) is 0 Å². The smallest absolute Gasteiger partial charge is 0.135 e. The quantitative estimate of drug-likeness (QED) is 0.185. The van der Waals surface area contributed by atoms with Gasteiger partial charge in [-0.3, -0.25) is 0 Å². The van der Waals surface area contributed by atoms with Crippen molar-refractivity contribution in [3.05, 3.63) is 187 Å². The van der Waals surface area contributed by atoms with Crippen molar-refractivity contribution >= 4 is 81.3 Å². The number of hydrogen-bond acceptors (Lipinski definition) is 3. The van der Waals surface area contributed by atoms with E-state index in [0.717, 1.165) is 45.4 Å². The minimum absolute atomic E-state index is 0.332. The van der Waals surface area contributed by atoms with Gasteiger partial charge < -0.3 is 9.32 Å². The molecule has 2 nitrogen and oxygen atoms in total. The maximum absolute atomic E-state index is 6.27. The fraction of sp³-hybridized carbons (Fsp3) is 0.0417. The van der Waals surface area contributed by atoms with Crippen molar-refractivity contribution < 1.29 is 4.42 Å². The Hall–Kier alpha value is -6.16. The van der Waals surface area contributed by atoms with Crippen LogP contribution in [0.4, 0.5) is 17.1 Å². The van der Waals surface area contributed by atoms with Gasteiger partial charge in [0.25, 0.3) is 0 Å². The maximum atomic E-state index is 6.27. The van der Waals surface area contributed by atoms with Crippen LogP contribution in [0, 0.1) is 0 Å². The van der Waals surface area contributed by atoms with E-state index in [0.29, 0.717) is 5.92 Å². The van der Waals surface area contributed by atoms with E-state index in [1.807, 2.05) is 17.4 Å². The first-order valence-corrected chi connectivity index (χ1v) is 18.4. The van der Waals surface area contributed by atoms with Crippen LogP contribution in [-0.2, 0) is 6.42 Å². The first-order valence-electron chi connectivity index (χ1n) is 17.6. The molecule has 11 rings (SSSR count). The second-order valence-electron chi connectivity index (χ2n) is 13.7. The van der Waals surface area contributed by atoms with E-state index in [4.69, 9.17) is 4.42 Å². The molecule has 2 aromatic heterocycles. The highest BCUT2D eigenvalue weighted by Gasteiger charge is 2.27. The molecule has 2 heterocycles. The lowest BCUT2D eigenvalue weighted by Gasteiger charge is -2.31. The van der Waals surface area contributed by atoms with E-state index in [1.54, 1.807) is 0 Å². The van der Waals surface area contributed by atoms with Gasteiger partial charge in [0.2, 0.25) is 0 Å². The Kier molecular flexibility index (Phi) is 6.28. The minimum Gasteiger partial charge on any atom is -0.456 e. The van der Waals surface area contributed by atoms with E-state index in [-0.39, 0.29) is 0 Å². The molecule has 1 aliphatic carbocycles. The standard InChI is InChI=1S/C48H31NOS/c1-2-10-30(11-3-1)40-25-33-18-19-34(27-41(33)38-15-7-6-14-37(38)40)49(35-20-22-46-42(28-35)39-16-8-9-17-45(39)50-46)36-21-23-47-44(29-36)43-24-31-12-4-5-13-32(31)26-48(43)51-47/h1-24,26-29,40H,25H2. The summed E-state index contributed by atoms with van der Waals surface area (Å²) in [4.78, 5) is 2.43. The third-order valence-electron chi connectivity index (χ3n) is 10.8. The van der Waals surface area contributed by atoms with Crippen LogP contribution in [0.25, 0.3) is 64.0 Å². The molecule has 240 valence electrons. The monoisotopic (exact) mass is 669 g/mol. The summed E-state index contributed by atoms with van der Waals surface area (Å²) < 4.78 is 8.89. The first kappa shape index (κ1) is 28.7. The first-order chi connectivity index (χ1) is 25.2. The van der Waals surface area contributed by atoms with Crippen LogP contribution in [0.3, 0.4) is 0 Å². The summed E-state index contributed by atoms with van der Waals surface area (Å²) in [6.07, 6.45) is 0.977. The van der Waals surface area contributed by atoms with Crippen molar-refractivity contribution in [2.75, 3.05) is 4.90 Å². The van der Waals surface area contributed by atoms with Crippen molar-refractivity contribution in [1.82, 2.24) is 0 Å². The van der Waals surface area contributed by atoms with Gasteiger partial charge in [-0.2, -0.15) is 0 Å². The predicted molar refractivity (Wildman–Crippen MR) is 216 cm³/mol. The highest BCUT2D eigenvalue weighted by molar-refractivity contribution is 7.25. The number of furan rings is 1. The molecule has 0 amide bonds. The molecule has 10 aromatic rings. The normalized spacial score (nSPS) is 14.0. The molecule has 0 bridgehead atoms. The topological polar surface area (TPSA) is 16.4 Å². The zero-order valence-corrected chi connectivity index (χ0v) is 28.5. The van der Waals surface area contributed by atoms with Gasteiger partial charge in [0.05, 0.1) is 0 Å². The maximum Gasteiger partial charge on any atom is 0.135 e. The third-order valence-corrected chi connectivity index (χ3v) is 11.9. The highest BCUT2D eigenvalue weighted by atomic mass is 32.1. The van der Waals surface area contributed by atoms with Gasteiger partial charge in [0, 0.05) is 53.9 Å². The number of para-hydroxylation sites is 1. The van der Waals surface area contributed by atoms with Gasteiger partial charge in [-0.1, -0.05) is 103 Å². The number of thiophene rings is 1.